The minimum atomic E-state index is -3.46. The lowest BCUT2D eigenvalue weighted by Gasteiger charge is -2.25. The molecule has 14 heteroatoms. The van der Waals surface area contributed by atoms with Crippen LogP contribution in [0, 0.1) is 25.2 Å². The molecule has 1 unspecified atom stereocenters. The molecule has 0 saturated heterocycles. The van der Waals surface area contributed by atoms with Crippen LogP contribution in [0.15, 0.2) is 91.3 Å². The van der Waals surface area contributed by atoms with Gasteiger partial charge in [-0.2, -0.15) is 5.26 Å². The number of aliphatic hydroxyl groups excluding tert-OH is 1. The molecule has 0 fully saturated rings. The fraction of sp³-hybridized carbons (Fsp3) is 0.279. The lowest BCUT2D eigenvalue weighted by atomic mass is 9.89. The second kappa shape index (κ2) is 19.2. The van der Waals surface area contributed by atoms with Crippen molar-refractivity contribution in [3.63, 3.8) is 0 Å². The summed E-state index contributed by atoms with van der Waals surface area (Å²) in [5.41, 5.74) is 8.50. The summed E-state index contributed by atoms with van der Waals surface area (Å²) in [6, 6.07) is 27.7. The van der Waals surface area contributed by atoms with E-state index in [9.17, 15) is 28.7 Å². The minimum absolute atomic E-state index is 0.0155. The molecule has 6 N–H and O–H groups in total. The molecular formula is C43H46ClN5O7S. The van der Waals surface area contributed by atoms with Crippen LogP contribution in [-0.2, 0) is 41.1 Å². The van der Waals surface area contributed by atoms with Crippen molar-refractivity contribution in [2.24, 2.45) is 5.14 Å². The predicted molar refractivity (Wildman–Crippen MR) is 220 cm³/mol. The zero-order valence-electron chi connectivity index (χ0n) is 32.0. The number of rotatable bonds is 19. The molecule has 0 aliphatic rings. The van der Waals surface area contributed by atoms with E-state index in [0.717, 1.165) is 44.5 Å². The molecule has 5 rings (SSSR count). The van der Waals surface area contributed by atoms with E-state index in [-0.39, 0.29) is 30.5 Å². The number of hydrogen-bond donors (Lipinski definition) is 5. The van der Waals surface area contributed by atoms with E-state index in [0.29, 0.717) is 47.7 Å². The highest BCUT2D eigenvalue weighted by molar-refractivity contribution is 7.89. The van der Waals surface area contributed by atoms with Crippen LogP contribution >= 0.6 is 11.6 Å². The molecule has 0 saturated carbocycles. The number of aliphatic carboxylic acids is 1. The van der Waals surface area contributed by atoms with Crippen molar-refractivity contribution in [2.75, 3.05) is 18.9 Å². The molecular weight excluding hydrogens is 766 g/mol. The number of carbonyl (C=O) groups is 1. The Balaban J connectivity index is 1.34. The summed E-state index contributed by atoms with van der Waals surface area (Å²) in [6.45, 7) is 6.36. The van der Waals surface area contributed by atoms with Gasteiger partial charge in [-0.05, 0) is 90.4 Å². The highest BCUT2D eigenvalue weighted by Gasteiger charge is 2.32. The lowest BCUT2D eigenvalue weighted by molar-refractivity contribution is -0.145. The number of ether oxygens (including phenoxy) is 2. The summed E-state index contributed by atoms with van der Waals surface area (Å²) in [4.78, 5) is 15.9. The van der Waals surface area contributed by atoms with Gasteiger partial charge in [-0.1, -0.05) is 72.3 Å². The number of sulfonamides is 1. The van der Waals surface area contributed by atoms with Crippen LogP contribution in [0.2, 0.25) is 5.02 Å². The number of carboxylic acid groups (broad SMARTS) is 1. The van der Waals surface area contributed by atoms with E-state index in [2.05, 4.69) is 78.0 Å². The number of primary sulfonamides is 1. The first-order chi connectivity index (χ1) is 27.2. The molecule has 4 aromatic carbocycles. The highest BCUT2D eigenvalue weighted by atomic mass is 35.5. The molecule has 0 aliphatic carbocycles. The van der Waals surface area contributed by atoms with Gasteiger partial charge in [0.05, 0.1) is 22.9 Å². The molecule has 0 amide bonds. The van der Waals surface area contributed by atoms with Crippen molar-refractivity contribution in [2.45, 2.75) is 59.0 Å². The molecule has 0 spiro atoms. The summed E-state index contributed by atoms with van der Waals surface area (Å²) in [5, 5.41) is 40.3. The van der Waals surface area contributed by atoms with Crippen molar-refractivity contribution in [1.82, 2.24) is 15.6 Å². The average molecular weight is 812 g/mol. The van der Waals surface area contributed by atoms with Gasteiger partial charge in [-0.25, -0.2) is 13.6 Å². The predicted octanol–water partition coefficient (Wildman–Crippen LogP) is 6.41. The molecule has 57 heavy (non-hydrogen) atoms. The zero-order valence-corrected chi connectivity index (χ0v) is 33.6. The number of benzene rings is 4. The third kappa shape index (κ3) is 11.4. The van der Waals surface area contributed by atoms with Gasteiger partial charge >= 0.3 is 5.97 Å². The molecule has 0 aliphatic heterocycles. The minimum Gasteiger partial charge on any atom is -0.488 e. The number of aromatic nitrogens is 1. The third-order valence-electron chi connectivity index (χ3n) is 9.72. The Morgan fingerprint density at radius 2 is 1.58 bits per heavy atom. The van der Waals surface area contributed by atoms with Crippen LogP contribution in [0.5, 0.6) is 11.5 Å². The first-order valence-electron chi connectivity index (χ1n) is 18.2. The Hall–Kier alpha value is -5.33. The largest absolute Gasteiger partial charge is 0.488 e. The average Bonchev–Trinajstić information content (AvgIpc) is 3.19. The van der Waals surface area contributed by atoms with Gasteiger partial charge in [-0.15, -0.1) is 0 Å². The SMILES string of the molecule is Cc1c(COc2cc(OCc3cncc(C#N)c3)c(CNC(C)(CO)C(=O)O)cc2Cl)cccc1-c1cccc(-c2ccc(CNCCCS(N)(=O)=O)cc2)c1C. The summed E-state index contributed by atoms with van der Waals surface area (Å²) in [6.07, 6.45) is 3.50. The molecule has 298 valence electrons. The van der Waals surface area contributed by atoms with Crippen LogP contribution in [-0.4, -0.2) is 54.0 Å². The quantitative estimate of drug-likeness (QED) is 0.0578. The normalized spacial score (nSPS) is 12.4. The van der Waals surface area contributed by atoms with Crippen molar-refractivity contribution < 1.29 is 32.9 Å². The molecule has 5 aromatic rings. The van der Waals surface area contributed by atoms with E-state index < -0.39 is 28.1 Å². The number of nitrogens with one attached hydrogen (secondary N) is 2. The summed E-state index contributed by atoms with van der Waals surface area (Å²) in [7, 11) is -3.46. The van der Waals surface area contributed by atoms with Gasteiger partial charge in [0.1, 0.15) is 36.3 Å². The molecule has 0 bridgehead atoms. The fourth-order valence-corrected chi connectivity index (χ4v) is 6.99. The van der Waals surface area contributed by atoms with Gasteiger partial charge in [0.2, 0.25) is 10.0 Å². The first-order valence-corrected chi connectivity index (χ1v) is 20.3. The van der Waals surface area contributed by atoms with Crippen molar-refractivity contribution in [3.8, 4) is 39.8 Å². The van der Waals surface area contributed by atoms with E-state index >= 15 is 0 Å². The maximum Gasteiger partial charge on any atom is 0.326 e. The number of aliphatic hydroxyl groups is 1. The number of nitriles is 1. The Kier molecular flexibility index (Phi) is 14.4. The van der Waals surface area contributed by atoms with Crippen LogP contribution in [0.1, 0.15) is 52.3 Å². The van der Waals surface area contributed by atoms with Crippen molar-refractivity contribution >= 4 is 27.6 Å². The van der Waals surface area contributed by atoms with Gasteiger partial charge in [0, 0.05) is 42.7 Å². The van der Waals surface area contributed by atoms with Gasteiger partial charge in [0.25, 0.3) is 0 Å². The molecule has 1 heterocycles. The molecule has 12 nitrogen and oxygen atoms in total. The standard InChI is InChI=1S/C43H46ClN5O7S/c1-28-34(7-4-9-37(28)38-10-5-8-36(29(38)2)33-13-11-30(12-14-33)21-47-15-6-16-57(46,53)54)26-56-41-19-40(55-25-32-17-31(20-45)22-48-23-32)35(18-39(41)44)24-49-43(3,27-50)42(51)52/h4-5,7-14,17-19,22-23,47,49-50H,6,15-16,21,24-27H2,1-3H3,(H,51,52)(H2,46,53,54). The van der Waals surface area contributed by atoms with Crippen LogP contribution < -0.4 is 25.2 Å². The fourth-order valence-electron chi connectivity index (χ4n) is 6.20. The molecule has 1 atom stereocenters. The van der Waals surface area contributed by atoms with Crippen molar-refractivity contribution in [1.29, 1.82) is 5.26 Å². The zero-order chi connectivity index (χ0) is 41.2. The summed E-state index contributed by atoms with van der Waals surface area (Å²) < 4.78 is 34.8. The molecule has 1 aromatic heterocycles. The number of halogens is 1. The number of pyridine rings is 1. The van der Waals surface area contributed by atoms with Crippen LogP contribution in [0.3, 0.4) is 0 Å². The lowest BCUT2D eigenvalue weighted by Crippen LogP contribution is -2.52. The summed E-state index contributed by atoms with van der Waals surface area (Å²) in [5.74, 6) is -0.535. The summed E-state index contributed by atoms with van der Waals surface area (Å²) >= 11 is 6.75. The Morgan fingerprint density at radius 1 is 0.895 bits per heavy atom. The number of carboxylic acids is 1. The van der Waals surface area contributed by atoms with Crippen molar-refractivity contribution in [3.05, 3.63) is 135 Å². The van der Waals surface area contributed by atoms with Gasteiger partial charge < -0.3 is 25.0 Å². The first kappa shape index (κ1) is 42.8. The maximum atomic E-state index is 11.8. The third-order valence-corrected chi connectivity index (χ3v) is 10.9. The topological polar surface area (TPSA) is 197 Å². The van der Waals surface area contributed by atoms with E-state index in [1.165, 1.54) is 13.1 Å². The van der Waals surface area contributed by atoms with E-state index in [1.54, 1.807) is 24.4 Å². The molecule has 0 radical (unpaired) electrons. The van der Waals surface area contributed by atoms with Gasteiger partial charge in [0.15, 0.2) is 0 Å². The van der Waals surface area contributed by atoms with Crippen LogP contribution in [0.25, 0.3) is 22.3 Å². The van der Waals surface area contributed by atoms with Gasteiger partial charge in [-0.3, -0.25) is 15.1 Å². The van der Waals surface area contributed by atoms with E-state index in [4.69, 9.17) is 26.2 Å². The second-order valence-corrected chi connectivity index (χ2v) is 16.1. The number of nitrogens with two attached hydrogens (primary N) is 1. The number of hydrogen-bond acceptors (Lipinski definition) is 10. The second-order valence-electron chi connectivity index (χ2n) is 14.0. The maximum absolute atomic E-state index is 11.8. The van der Waals surface area contributed by atoms with Crippen LogP contribution in [0.4, 0.5) is 0 Å². The Bertz CT molecular complexity index is 2370. The monoisotopic (exact) mass is 811 g/mol. The smallest absolute Gasteiger partial charge is 0.326 e. The van der Waals surface area contributed by atoms with E-state index in [1.807, 2.05) is 18.2 Å². The number of nitrogens with zero attached hydrogens (tertiary/aromatic N) is 2. The Labute approximate surface area is 338 Å². The Morgan fingerprint density at radius 3 is 2.26 bits per heavy atom. The highest BCUT2D eigenvalue weighted by Crippen LogP contribution is 2.37.